The van der Waals surface area contributed by atoms with Gasteiger partial charge in [0.25, 0.3) is 0 Å². The summed E-state index contributed by atoms with van der Waals surface area (Å²) in [5, 5.41) is 9.36. The van der Waals surface area contributed by atoms with Crippen LogP contribution in [-0.2, 0) is 22.9 Å². The van der Waals surface area contributed by atoms with E-state index < -0.39 is 40.8 Å². The van der Waals surface area contributed by atoms with Crippen LogP contribution in [0.5, 0.6) is 0 Å². The second-order valence-electron chi connectivity index (χ2n) is 3.29. The number of ether oxygens (including phenoxy) is 1. The Morgan fingerprint density at radius 2 is 1.76 bits per heavy atom. The molecule has 0 aliphatic carbocycles. The van der Waals surface area contributed by atoms with Crippen molar-refractivity contribution in [2.24, 2.45) is 0 Å². The molecule has 3 unspecified atom stereocenters. The third-order valence-corrected chi connectivity index (χ3v) is 2.85. The van der Waals surface area contributed by atoms with Crippen LogP contribution in [0.15, 0.2) is 0 Å². The van der Waals surface area contributed by atoms with Crippen molar-refractivity contribution >= 4 is 15.6 Å². The van der Waals surface area contributed by atoms with Crippen molar-refractivity contribution in [1.82, 2.24) is 0 Å². The topological polar surface area (TPSA) is 163 Å². The van der Waals surface area contributed by atoms with E-state index in [0.717, 1.165) is 0 Å². The lowest BCUT2D eigenvalue weighted by Crippen LogP contribution is -2.26. The maximum absolute atomic E-state index is 10.5. The molecule has 10 nitrogen and oxygen atoms in total. The summed E-state index contributed by atoms with van der Waals surface area (Å²) in [5.74, 6) is 0. The van der Waals surface area contributed by atoms with Crippen LogP contribution in [-0.4, -0.2) is 49.8 Å². The molecule has 1 aliphatic rings. The fourth-order valence-electron chi connectivity index (χ4n) is 1.23. The number of phosphoric ester groups is 2. The summed E-state index contributed by atoms with van der Waals surface area (Å²) in [4.78, 5) is 33.8. The number of hydrogen-bond donors (Lipinski definition) is 5. The molecule has 0 amide bonds. The molecule has 5 N–H and O–H groups in total. The van der Waals surface area contributed by atoms with Crippen LogP contribution < -0.4 is 0 Å². The van der Waals surface area contributed by atoms with E-state index in [1.54, 1.807) is 0 Å². The highest BCUT2D eigenvalue weighted by Gasteiger charge is 2.39. The molecule has 0 aromatic rings. The first kappa shape index (κ1) is 15.2. The largest absolute Gasteiger partial charge is 0.471 e. The smallest absolute Gasteiger partial charge is 0.390 e. The van der Waals surface area contributed by atoms with Crippen LogP contribution in [0.25, 0.3) is 0 Å². The molecule has 1 rings (SSSR count). The molecule has 3 atom stereocenters. The summed E-state index contributed by atoms with van der Waals surface area (Å²) in [5.41, 5.74) is 0. The molecular weight excluding hydrogens is 282 g/mol. The monoisotopic (exact) mass is 294 g/mol. The van der Waals surface area contributed by atoms with Gasteiger partial charge in [0, 0.05) is 6.42 Å². The summed E-state index contributed by atoms with van der Waals surface area (Å²) < 4.78 is 33.9. The van der Waals surface area contributed by atoms with Gasteiger partial charge in [0.05, 0.1) is 12.7 Å². The van der Waals surface area contributed by atoms with E-state index in [0.29, 0.717) is 0 Å². The van der Waals surface area contributed by atoms with Crippen LogP contribution in [0.1, 0.15) is 6.42 Å². The third kappa shape index (κ3) is 6.03. The van der Waals surface area contributed by atoms with Crippen molar-refractivity contribution in [2.75, 3.05) is 6.61 Å². The minimum atomic E-state index is -4.75. The minimum Gasteiger partial charge on any atom is -0.390 e. The minimum absolute atomic E-state index is 0.236. The standard InChI is InChI=1S/C5H12O10P2/c6-3-1-5(15-17(10,11)12)14-4(3)2-13-16(7,8)9/h3-6H,1-2H2,(H2,7,8,9)(H2,10,11,12). The Kier molecular flexibility index (Phi) is 4.84. The Hall–Kier alpha value is 0.140. The number of aliphatic hydroxyl groups is 1. The first-order chi connectivity index (χ1) is 7.57. The summed E-state index contributed by atoms with van der Waals surface area (Å²) in [6.45, 7) is -0.619. The van der Waals surface area contributed by atoms with Crippen LogP contribution >= 0.6 is 15.6 Å². The normalized spacial score (nSPS) is 30.8. The zero-order valence-electron chi connectivity index (χ0n) is 8.32. The van der Waals surface area contributed by atoms with Crippen LogP contribution in [0.2, 0.25) is 0 Å². The van der Waals surface area contributed by atoms with Crippen molar-refractivity contribution < 1.29 is 47.6 Å². The van der Waals surface area contributed by atoms with Crippen molar-refractivity contribution in [3.63, 3.8) is 0 Å². The van der Waals surface area contributed by atoms with Gasteiger partial charge in [-0.2, -0.15) is 0 Å². The molecule has 17 heavy (non-hydrogen) atoms. The van der Waals surface area contributed by atoms with Crippen molar-refractivity contribution in [2.45, 2.75) is 24.9 Å². The Morgan fingerprint density at radius 1 is 1.18 bits per heavy atom. The number of aliphatic hydroxyl groups excluding tert-OH is 1. The average Bonchev–Trinajstić information content (AvgIpc) is 2.38. The van der Waals surface area contributed by atoms with E-state index >= 15 is 0 Å². The summed E-state index contributed by atoms with van der Waals surface area (Å²) >= 11 is 0. The van der Waals surface area contributed by atoms with Gasteiger partial charge in [-0.05, 0) is 0 Å². The van der Waals surface area contributed by atoms with Gasteiger partial charge in [-0.25, -0.2) is 9.13 Å². The van der Waals surface area contributed by atoms with Crippen molar-refractivity contribution in [1.29, 1.82) is 0 Å². The van der Waals surface area contributed by atoms with Gasteiger partial charge >= 0.3 is 15.6 Å². The van der Waals surface area contributed by atoms with Crippen LogP contribution in [0, 0.1) is 0 Å². The second-order valence-corrected chi connectivity index (χ2v) is 5.72. The molecule has 0 saturated carbocycles. The Bertz CT molecular complexity index is 345. The third-order valence-electron chi connectivity index (χ3n) is 1.85. The highest BCUT2D eigenvalue weighted by molar-refractivity contribution is 7.46. The zero-order chi connectivity index (χ0) is 13.3. The first-order valence-corrected chi connectivity index (χ1v) is 7.40. The Balaban J connectivity index is 2.45. The highest BCUT2D eigenvalue weighted by atomic mass is 31.2. The van der Waals surface area contributed by atoms with Crippen LogP contribution in [0.3, 0.4) is 0 Å². The molecule has 0 spiro atoms. The average molecular weight is 294 g/mol. The van der Waals surface area contributed by atoms with Gasteiger partial charge in [-0.3, -0.25) is 9.05 Å². The van der Waals surface area contributed by atoms with Gasteiger partial charge < -0.3 is 29.4 Å². The number of rotatable bonds is 5. The molecule has 0 aromatic heterocycles. The molecular formula is C5H12O10P2. The Labute approximate surface area is 95.6 Å². The quantitative estimate of drug-likeness (QED) is 0.384. The summed E-state index contributed by atoms with van der Waals surface area (Å²) in [6.07, 6.45) is -3.91. The number of hydrogen-bond acceptors (Lipinski definition) is 6. The predicted molar refractivity (Wildman–Crippen MR) is 50.4 cm³/mol. The van der Waals surface area contributed by atoms with Gasteiger partial charge in [0.15, 0.2) is 6.29 Å². The molecule has 0 aromatic carbocycles. The molecule has 1 saturated heterocycles. The van der Waals surface area contributed by atoms with Gasteiger partial charge in [0.1, 0.15) is 6.10 Å². The lowest BCUT2D eigenvalue weighted by molar-refractivity contribution is -0.101. The maximum atomic E-state index is 10.5. The number of phosphoric acid groups is 2. The fraction of sp³-hybridized carbons (Fsp3) is 1.00. The SMILES string of the molecule is O=P(O)(O)OCC1OC(OP(=O)(O)O)CC1O. The van der Waals surface area contributed by atoms with Crippen molar-refractivity contribution in [3.8, 4) is 0 Å². The molecule has 0 bridgehead atoms. The molecule has 0 radical (unpaired) electrons. The van der Waals surface area contributed by atoms with E-state index in [1.807, 2.05) is 0 Å². The Morgan fingerprint density at radius 3 is 2.24 bits per heavy atom. The van der Waals surface area contributed by atoms with E-state index in [-0.39, 0.29) is 6.42 Å². The molecule has 12 heteroatoms. The van der Waals surface area contributed by atoms with Crippen molar-refractivity contribution in [3.05, 3.63) is 0 Å². The van der Waals surface area contributed by atoms with Crippen LogP contribution in [0.4, 0.5) is 0 Å². The molecule has 1 aliphatic heterocycles. The lowest BCUT2D eigenvalue weighted by Gasteiger charge is -2.15. The predicted octanol–water partition coefficient (Wildman–Crippen LogP) is -1.32. The summed E-state index contributed by atoms with van der Waals surface area (Å²) in [6, 6.07) is 0. The molecule has 102 valence electrons. The van der Waals surface area contributed by atoms with E-state index in [4.69, 9.17) is 24.3 Å². The summed E-state index contributed by atoms with van der Waals surface area (Å²) in [7, 11) is -9.44. The van der Waals surface area contributed by atoms with Gasteiger partial charge in [0.2, 0.25) is 0 Å². The van der Waals surface area contributed by atoms with E-state index in [9.17, 15) is 14.2 Å². The fourth-order valence-corrected chi connectivity index (χ4v) is 2.02. The van der Waals surface area contributed by atoms with E-state index in [1.165, 1.54) is 0 Å². The first-order valence-electron chi connectivity index (χ1n) is 4.34. The zero-order valence-corrected chi connectivity index (χ0v) is 10.1. The molecule has 1 fully saturated rings. The molecule has 1 heterocycles. The van der Waals surface area contributed by atoms with E-state index in [2.05, 4.69) is 9.05 Å². The van der Waals surface area contributed by atoms with Gasteiger partial charge in [-0.1, -0.05) is 0 Å². The van der Waals surface area contributed by atoms with Gasteiger partial charge in [-0.15, -0.1) is 0 Å². The lowest BCUT2D eigenvalue weighted by atomic mass is 10.2. The maximum Gasteiger partial charge on any atom is 0.471 e. The highest BCUT2D eigenvalue weighted by Crippen LogP contribution is 2.42. The second kappa shape index (κ2) is 5.41.